The highest BCUT2D eigenvalue weighted by atomic mass is 16.5. The zero-order valence-electron chi connectivity index (χ0n) is 8.10. The molecule has 0 amide bonds. The van der Waals surface area contributed by atoms with E-state index < -0.39 is 0 Å². The smallest absolute Gasteiger partial charge is 0.179 e. The zero-order valence-corrected chi connectivity index (χ0v) is 8.10. The van der Waals surface area contributed by atoms with Gasteiger partial charge >= 0.3 is 0 Å². The number of oxime groups is 1. The van der Waals surface area contributed by atoms with Crippen molar-refractivity contribution in [2.75, 3.05) is 13.7 Å². The van der Waals surface area contributed by atoms with Gasteiger partial charge in [-0.15, -0.1) is 0 Å². The van der Waals surface area contributed by atoms with Crippen LogP contribution in [0.15, 0.2) is 17.4 Å². The molecule has 14 heavy (non-hydrogen) atoms. The van der Waals surface area contributed by atoms with Gasteiger partial charge in [-0.1, -0.05) is 5.16 Å². The van der Waals surface area contributed by atoms with Crippen molar-refractivity contribution in [2.24, 2.45) is 5.16 Å². The summed E-state index contributed by atoms with van der Waals surface area (Å²) < 4.78 is 10.3. The Balaban J connectivity index is 3.00. The Hall–Kier alpha value is -1.78. The van der Waals surface area contributed by atoms with Gasteiger partial charge in [-0.2, -0.15) is 0 Å². The molecule has 0 radical (unpaired) electrons. The number of aromatic nitrogens is 1. The minimum atomic E-state index is 0.511. The molecule has 1 aromatic heterocycles. The first-order valence-corrected chi connectivity index (χ1v) is 4.16. The molecule has 0 fully saturated rings. The summed E-state index contributed by atoms with van der Waals surface area (Å²) in [4.78, 5) is 3.97. The molecule has 0 bridgehead atoms. The van der Waals surface area contributed by atoms with Crippen LogP contribution >= 0.6 is 0 Å². The minimum Gasteiger partial charge on any atom is -0.491 e. The van der Waals surface area contributed by atoms with Crippen LogP contribution in [0.2, 0.25) is 0 Å². The first-order valence-electron chi connectivity index (χ1n) is 4.16. The number of nitrogens with zero attached hydrogens (tertiary/aromatic N) is 2. The number of ether oxygens (including phenoxy) is 2. The molecule has 1 aromatic rings. The molecule has 0 aromatic carbocycles. The Morgan fingerprint density at radius 2 is 2.36 bits per heavy atom. The minimum absolute atomic E-state index is 0.511. The maximum atomic E-state index is 8.32. The molecule has 1 heterocycles. The molecule has 1 rings (SSSR count). The van der Waals surface area contributed by atoms with Gasteiger partial charge < -0.3 is 14.7 Å². The largest absolute Gasteiger partial charge is 0.491 e. The lowest BCUT2D eigenvalue weighted by atomic mass is 10.3. The van der Waals surface area contributed by atoms with Crippen molar-refractivity contribution in [3.8, 4) is 11.5 Å². The van der Waals surface area contributed by atoms with E-state index in [9.17, 15) is 0 Å². The van der Waals surface area contributed by atoms with Crippen LogP contribution in [0.25, 0.3) is 0 Å². The summed E-state index contributed by atoms with van der Waals surface area (Å²) in [6.07, 6.45) is 2.74. The normalized spacial score (nSPS) is 10.4. The van der Waals surface area contributed by atoms with E-state index in [1.165, 1.54) is 12.4 Å². The fourth-order valence-electron chi connectivity index (χ4n) is 0.991. The Labute approximate surface area is 82.0 Å². The Bertz CT molecular complexity index is 326. The van der Waals surface area contributed by atoms with E-state index >= 15 is 0 Å². The van der Waals surface area contributed by atoms with Gasteiger partial charge in [-0.3, -0.25) is 4.98 Å². The average Bonchev–Trinajstić information content (AvgIpc) is 2.19. The van der Waals surface area contributed by atoms with E-state index in [0.717, 1.165) is 0 Å². The second-order valence-electron chi connectivity index (χ2n) is 2.44. The van der Waals surface area contributed by atoms with Crippen LogP contribution in [0.3, 0.4) is 0 Å². The summed E-state index contributed by atoms with van der Waals surface area (Å²) in [6.45, 7) is 2.41. The average molecular weight is 196 g/mol. The van der Waals surface area contributed by atoms with E-state index in [2.05, 4.69) is 10.1 Å². The van der Waals surface area contributed by atoms with Crippen LogP contribution in [-0.2, 0) is 0 Å². The monoisotopic (exact) mass is 196 g/mol. The third-order valence-corrected chi connectivity index (χ3v) is 1.56. The van der Waals surface area contributed by atoms with Gasteiger partial charge in [0.25, 0.3) is 0 Å². The first kappa shape index (κ1) is 10.3. The summed E-state index contributed by atoms with van der Waals surface area (Å²) in [5.74, 6) is 1.14. The fraction of sp³-hybridized carbons (Fsp3) is 0.333. The predicted molar refractivity (Wildman–Crippen MR) is 51.3 cm³/mol. The second-order valence-corrected chi connectivity index (χ2v) is 2.44. The maximum absolute atomic E-state index is 8.32. The number of pyridine rings is 1. The second kappa shape index (κ2) is 5.06. The predicted octanol–water partition coefficient (Wildman–Crippen LogP) is 1.30. The quantitative estimate of drug-likeness (QED) is 0.448. The van der Waals surface area contributed by atoms with Crippen LogP contribution < -0.4 is 9.47 Å². The van der Waals surface area contributed by atoms with Gasteiger partial charge in [0.1, 0.15) is 0 Å². The molecule has 5 heteroatoms. The number of rotatable bonds is 4. The highest BCUT2D eigenvalue weighted by molar-refractivity contribution is 5.77. The molecule has 5 nitrogen and oxygen atoms in total. The summed E-state index contributed by atoms with van der Waals surface area (Å²) in [6, 6.07) is 1.64. The van der Waals surface area contributed by atoms with Crippen LogP contribution in [0.5, 0.6) is 11.5 Å². The topological polar surface area (TPSA) is 63.9 Å². The van der Waals surface area contributed by atoms with Gasteiger partial charge in [0, 0.05) is 6.07 Å². The van der Waals surface area contributed by atoms with E-state index in [1.54, 1.807) is 13.2 Å². The lowest BCUT2D eigenvalue weighted by molar-refractivity contribution is 0.309. The van der Waals surface area contributed by atoms with E-state index in [1.807, 2.05) is 6.92 Å². The SMILES string of the molecule is CCOc1cc(/C=N/O)ncc1OC. The highest BCUT2D eigenvalue weighted by Gasteiger charge is 2.04. The van der Waals surface area contributed by atoms with Crippen molar-refractivity contribution < 1.29 is 14.7 Å². The summed E-state index contributed by atoms with van der Waals surface area (Å²) >= 11 is 0. The molecule has 0 saturated heterocycles. The Morgan fingerprint density at radius 1 is 1.57 bits per heavy atom. The molecular weight excluding hydrogens is 184 g/mol. The summed E-state index contributed by atoms with van der Waals surface area (Å²) in [5.41, 5.74) is 0.511. The standard InChI is InChI=1S/C9H12N2O3/c1-3-14-8-4-7(5-11-12)10-6-9(8)13-2/h4-6,12H,3H2,1-2H3/b11-5+. The van der Waals surface area contributed by atoms with Gasteiger partial charge in [0.15, 0.2) is 11.5 Å². The summed E-state index contributed by atoms with van der Waals surface area (Å²) in [7, 11) is 1.54. The maximum Gasteiger partial charge on any atom is 0.179 e. The molecule has 1 N–H and O–H groups in total. The van der Waals surface area contributed by atoms with E-state index in [-0.39, 0.29) is 0 Å². The van der Waals surface area contributed by atoms with Crippen LogP contribution in [0.1, 0.15) is 12.6 Å². The van der Waals surface area contributed by atoms with Crippen LogP contribution in [-0.4, -0.2) is 30.1 Å². The van der Waals surface area contributed by atoms with E-state index in [4.69, 9.17) is 14.7 Å². The molecule has 0 saturated carbocycles. The summed E-state index contributed by atoms with van der Waals surface area (Å²) in [5, 5.41) is 11.2. The van der Waals surface area contributed by atoms with Crippen molar-refractivity contribution in [1.29, 1.82) is 0 Å². The third kappa shape index (κ3) is 2.35. The van der Waals surface area contributed by atoms with Crippen molar-refractivity contribution >= 4 is 6.21 Å². The van der Waals surface area contributed by atoms with Gasteiger partial charge in [0.2, 0.25) is 0 Å². The molecular formula is C9H12N2O3. The lowest BCUT2D eigenvalue weighted by Crippen LogP contribution is -1.98. The molecule has 0 aliphatic heterocycles. The number of methoxy groups -OCH3 is 1. The van der Waals surface area contributed by atoms with Gasteiger partial charge in [-0.05, 0) is 6.92 Å². The Kier molecular flexibility index (Phi) is 3.72. The van der Waals surface area contributed by atoms with Gasteiger partial charge in [0.05, 0.1) is 31.8 Å². The van der Waals surface area contributed by atoms with Gasteiger partial charge in [-0.25, -0.2) is 0 Å². The van der Waals surface area contributed by atoms with Crippen LogP contribution in [0.4, 0.5) is 0 Å². The van der Waals surface area contributed by atoms with Crippen molar-refractivity contribution in [1.82, 2.24) is 4.98 Å². The van der Waals surface area contributed by atoms with Crippen LogP contribution in [0, 0.1) is 0 Å². The zero-order chi connectivity index (χ0) is 10.4. The van der Waals surface area contributed by atoms with Crippen molar-refractivity contribution in [2.45, 2.75) is 6.92 Å². The third-order valence-electron chi connectivity index (χ3n) is 1.56. The first-order chi connectivity index (χ1) is 6.81. The van der Waals surface area contributed by atoms with Crippen molar-refractivity contribution in [3.63, 3.8) is 0 Å². The number of hydrogen-bond donors (Lipinski definition) is 1. The van der Waals surface area contributed by atoms with E-state index in [0.29, 0.717) is 23.8 Å². The Morgan fingerprint density at radius 3 is 2.93 bits per heavy atom. The molecule has 0 aliphatic carbocycles. The fourth-order valence-corrected chi connectivity index (χ4v) is 0.991. The molecule has 0 atom stereocenters. The molecule has 0 unspecified atom stereocenters. The lowest BCUT2D eigenvalue weighted by Gasteiger charge is -2.08. The van der Waals surface area contributed by atoms with Crippen molar-refractivity contribution in [3.05, 3.63) is 18.0 Å². The molecule has 0 spiro atoms. The molecule has 0 aliphatic rings. The number of hydrogen-bond acceptors (Lipinski definition) is 5. The highest BCUT2D eigenvalue weighted by Crippen LogP contribution is 2.25. The molecule has 76 valence electrons.